The number of esters is 1. The molecule has 2 aliphatic rings. The van der Waals surface area contributed by atoms with Gasteiger partial charge in [0, 0.05) is 11.6 Å². The molecular formula is C21H22N2O5. The maximum atomic E-state index is 12.4. The van der Waals surface area contributed by atoms with E-state index in [1.807, 2.05) is 31.2 Å². The average molecular weight is 382 g/mol. The molecule has 2 unspecified atom stereocenters. The summed E-state index contributed by atoms with van der Waals surface area (Å²) in [6.07, 6.45) is 0.556. The van der Waals surface area contributed by atoms with E-state index in [1.165, 1.54) is 5.56 Å². The summed E-state index contributed by atoms with van der Waals surface area (Å²) in [7, 11) is 0. The van der Waals surface area contributed by atoms with Gasteiger partial charge in [0.1, 0.15) is 19.3 Å². The van der Waals surface area contributed by atoms with Crippen LogP contribution in [0, 0.1) is 6.92 Å². The predicted octanol–water partition coefficient (Wildman–Crippen LogP) is 2.10. The van der Waals surface area contributed by atoms with Crippen LogP contribution in [0.15, 0.2) is 42.5 Å². The Bertz CT molecular complexity index is 881. The summed E-state index contributed by atoms with van der Waals surface area (Å²) in [5.41, 5.74) is 8.77. The molecule has 4 rings (SSSR count). The lowest BCUT2D eigenvalue weighted by molar-refractivity contribution is -0.144. The third-order valence-corrected chi connectivity index (χ3v) is 4.88. The van der Waals surface area contributed by atoms with Gasteiger partial charge in [-0.1, -0.05) is 29.8 Å². The Hall–Kier alpha value is -2.90. The number of rotatable bonds is 5. The SMILES string of the molecule is Cc1ccc(C2CC(C(=O)OCC(=O)c3ccc4c(c3)OCCO4)NN2)cc1. The zero-order valence-electron chi connectivity index (χ0n) is 15.6. The molecule has 2 N–H and O–H groups in total. The number of nitrogens with one attached hydrogen (secondary N) is 2. The Morgan fingerprint density at radius 2 is 1.79 bits per heavy atom. The number of hydrogen-bond donors (Lipinski definition) is 2. The Kier molecular flexibility index (Phi) is 5.27. The highest BCUT2D eigenvalue weighted by Crippen LogP contribution is 2.31. The minimum absolute atomic E-state index is 0.0200. The number of aryl methyl sites for hydroxylation is 1. The second-order valence-corrected chi connectivity index (χ2v) is 6.93. The molecule has 146 valence electrons. The zero-order valence-corrected chi connectivity index (χ0v) is 15.6. The van der Waals surface area contributed by atoms with Crippen LogP contribution in [0.5, 0.6) is 11.5 Å². The third kappa shape index (κ3) is 4.00. The summed E-state index contributed by atoms with van der Waals surface area (Å²) in [4.78, 5) is 24.7. The third-order valence-electron chi connectivity index (χ3n) is 4.88. The molecule has 0 amide bonds. The van der Waals surface area contributed by atoms with Crippen molar-refractivity contribution in [3.63, 3.8) is 0 Å². The highest BCUT2D eigenvalue weighted by Gasteiger charge is 2.31. The van der Waals surface area contributed by atoms with Gasteiger partial charge in [0.2, 0.25) is 0 Å². The molecule has 1 fully saturated rings. The van der Waals surface area contributed by atoms with E-state index in [4.69, 9.17) is 14.2 Å². The van der Waals surface area contributed by atoms with Gasteiger partial charge in [-0.2, -0.15) is 0 Å². The van der Waals surface area contributed by atoms with Crippen molar-refractivity contribution in [1.82, 2.24) is 10.9 Å². The standard InChI is InChI=1S/C21H22N2O5/c1-13-2-4-14(5-3-13)16-11-17(23-22-16)21(25)28-12-18(24)15-6-7-19-20(10-15)27-9-8-26-19/h2-7,10,16-17,22-23H,8-9,11-12H2,1H3. The first-order chi connectivity index (χ1) is 13.6. The van der Waals surface area contributed by atoms with E-state index in [0.717, 1.165) is 5.56 Å². The number of fused-ring (bicyclic) bond motifs is 1. The quantitative estimate of drug-likeness (QED) is 0.605. The first-order valence-electron chi connectivity index (χ1n) is 9.27. The van der Waals surface area contributed by atoms with Crippen LogP contribution >= 0.6 is 0 Å². The second kappa shape index (κ2) is 8.00. The van der Waals surface area contributed by atoms with Crippen LogP contribution in [-0.4, -0.2) is 37.6 Å². The highest BCUT2D eigenvalue weighted by molar-refractivity contribution is 5.98. The molecule has 0 saturated carbocycles. The molecule has 2 aromatic rings. The molecule has 2 atom stereocenters. The van der Waals surface area contributed by atoms with Gasteiger partial charge < -0.3 is 14.2 Å². The van der Waals surface area contributed by atoms with Crippen LogP contribution in [0.25, 0.3) is 0 Å². The molecule has 0 aliphatic carbocycles. The molecule has 0 radical (unpaired) electrons. The Morgan fingerprint density at radius 1 is 1.04 bits per heavy atom. The van der Waals surface area contributed by atoms with Crippen LogP contribution in [-0.2, 0) is 9.53 Å². The number of carbonyl (C=O) groups is 2. The van der Waals surface area contributed by atoms with Crippen LogP contribution < -0.4 is 20.3 Å². The lowest BCUT2D eigenvalue weighted by Crippen LogP contribution is -2.38. The van der Waals surface area contributed by atoms with Crippen LogP contribution in [0.3, 0.4) is 0 Å². The molecule has 2 heterocycles. The molecule has 2 aliphatic heterocycles. The van der Waals surface area contributed by atoms with Crippen molar-refractivity contribution in [3.05, 3.63) is 59.2 Å². The number of carbonyl (C=O) groups excluding carboxylic acids is 2. The van der Waals surface area contributed by atoms with Crippen molar-refractivity contribution in [3.8, 4) is 11.5 Å². The largest absolute Gasteiger partial charge is 0.486 e. The highest BCUT2D eigenvalue weighted by atomic mass is 16.6. The molecule has 0 spiro atoms. The van der Waals surface area contributed by atoms with Gasteiger partial charge >= 0.3 is 5.97 Å². The monoisotopic (exact) mass is 382 g/mol. The van der Waals surface area contributed by atoms with Crippen molar-refractivity contribution in [1.29, 1.82) is 0 Å². The van der Waals surface area contributed by atoms with Gasteiger partial charge in [0.05, 0.1) is 0 Å². The summed E-state index contributed by atoms with van der Waals surface area (Å²) in [6.45, 7) is 2.65. The molecular weight excluding hydrogens is 360 g/mol. The van der Waals surface area contributed by atoms with Crippen molar-refractivity contribution in [2.24, 2.45) is 0 Å². The number of ketones is 1. The van der Waals surface area contributed by atoms with Gasteiger partial charge in [-0.25, -0.2) is 10.9 Å². The Morgan fingerprint density at radius 3 is 2.57 bits per heavy atom. The molecule has 0 bridgehead atoms. The number of ether oxygens (including phenoxy) is 3. The number of Topliss-reactive ketones (excluding diaryl/α,β-unsaturated/α-hetero) is 1. The van der Waals surface area contributed by atoms with Crippen LogP contribution in [0.2, 0.25) is 0 Å². The fraction of sp³-hybridized carbons (Fsp3) is 0.333. The van der Waals surface area contributed by atoms with Crippen molar-refractivity contribution in [2.45, 2.75) is 25.4 Å². The summed E-state index contributed by atoms with van der Waals surface area (Å²) >= 11 is 0. The maximum absolute atomic E-state index is 12.4. The Labute approximate surface area is 162 Å². The lowest BCUT2D eigenvalue weighted by atomic mass is 10.0. The van der Waals surface area contributed by atoms with Crippen LogP contribution in [0.1, 0.15) is 33.9 Å². The van der Waals surface area contributed by atoms with E-state index < -0.39 is 12.0 Å². The maximum Gasteiger partial charge on any atom is 0.325 e. The predicted molar refractivity (Wildman–Crippen MR) is 101 cm³/mol. The second-order valence-electron chi connectivity index (χ2n) is 6.93. The van der Waals surface area contributed by atoms with E-state index >= 15 is 0 Å². The lowest BCUT2D eigenvalue weighted by Gasteiger charge is -2.18. The smallest absolute Gasteiger partial charge is 0.325 e. The van der Waals surface area contributed by atoms with E-state index in [0.29, 0.717) is 36.7 Å². The summed E-state index contributed by atoms with van der Waals surface area (Å²) < 4.78 is 16.1. The van der Waals surface area contributed by atoms with Gasteiger partial charge in [-0.3, -0.25) is 9.59 Å². The zero-order chi connectivity index (χ0) is 19.5. The number of benzene rings is 2. The van der Waals surface area contributed by atoms with Crippen molar-refractivity contribution >= 4 is 11.8 Å². The molecule has 0 aromatic heterocycles. The number of hydrazine groups is 1. The van der Waals surface area contributed by atoms with E-state index in [2.05, 4.69) is 10.9 Å². The van der Waals surface area contributed by atoms with Gasteiger partial charge in [-0.05, 0) is 37.1 Å². The normalized spacial score (nSPS) is 20.6. The van der Waals surface area contributed by atoms with Crippen LogP contribution in [0.4, 0.5) is 0 Å². The summed E-state index contributed by atoms with van der Waals surface area (Å²) in [6, 6.07) is 12.6. The summed E-state index contributed by atoms with van der Waals surface area (Å²) in [5, 5.41) is 0. The first kappa shape index (κ1) is 18.5. The van der Waals surface area contributed by atoms with E-state index in [9.17, 15) is 9.59 Å². The topological polar surface area (TPSA) is 85.9 Å². The van der Waals surface area contributed by atoms with Gasteiger partial charge in [0.25, 0.3) is 0 Å². The molecule has 7 nitrogen and oxygen atoms in total. The van der Waals surface area contributed by atoms with Crippen molar-refractivity contribution < 1.29 is 23.8 Å². The Balaban J connectivity index is 1.31. The fourth-order valence-corrected chi connectivity index (χ4v) is 3.27. The first-order valence-corrected chi connectivity index (χ1v) is 9.27. The minimum Gasteiger partial charge on any atom is -0.486 e. The van der Waals surface area contributed by atoms with E-state index in [-0.39, 0.29) is 18.4 Å². The number of hydrogen-bond acceptors (Lipinski definition) is 7. The fourth-order valence-electron chi connectivity index (χ4n) is 3.27. The molecule has 28 heavy (non-hydrogen) atoms. The molecule has 7 heteroatoms. The minimum atomic E-state index is -0.501. The molecule has 1 saturated heterocycles. The summed E-state index contributed by atoms with van der Waals surface area (Å²) in [5.74, 6) is 0.411. The molecule has 2 aromatic carbocycles. The van der Waals surface area contributed by atoms with Gasteiger partial charge in [-0.15, -0.1) is 0 Å². The average Bonchev–Trinajstić information content (AvgIpc) is 3.22. The van der Waals surface area contributed by atoms with Gasteiger partial charge in [0.15, 0.2) is 23.9 Å². The van der Waals surface area contributed by atoms with Crippen molar-refractivity contribution in [2.75, 3.05) is 19.8 Å². The van der Waals surface area contributed by atoms with E-state index in [1.54, 1.807) is 18.2 Å².